The molecule has 0 spiro atoms. The van der Waals surface area contributed by atoms with E-state index in [0.29, 0.717) is 12.2 Å². The zero-order valence-electron chi connectivity index (χ0n) is 20.0. The Morgan fingerprint density at radius 1 is 1.26 bits per heavy atom. The molecule has 2 N–H and O–H groups in total. The molecule has 4 heterocycles. The fourth-order valence-corrected chi connectivity index (χ4v) is 5.34. The first-order chi connectivity index (χ1) is 16.5. The summed E-state index contributed by atoms with van der Waals surface area (Å²) in [5.74, 6) is -0.321. The van der Waals surface area contributed by atoms with Crippen LogP contribution in [-0.2, 0) is 7.05 Å². The van der Waals surface area contributed by atoms with Crippen molar-refractivity contribution >= 4 is 5.82 Å². The molecule has 1 aromatic carbocycles. The van der Waals surface area contributed by atoms with Crippen molar-refractivity contribution in [3.63, 3.8) is 0 Å². The number of aromatic nitrogens is 5. The van der Waals surface area contributed by atoms with Crippen molar-refractivity contribution in [2.45, 2.75) is 56.4 Å². The summed E-state index contributed by atoms with van der Waals surface area (Å²) >= 11 is 0. The molecule has 11 heteroatoms. The van der Waals surface area contributed by atoms with E-state index >= 15 is 4.39 Å². The van der Waals surface area contributed by atoms with Gasteiger partial charge in [0.25, 0.3) is 0 Å². The lowest BCUT2D eigenvalue weighted by atomic mass is 9.82. The Labute approximate surface area is 200 Å². The minimum atomic E-state index is -1.08. The Bertz CT molecular complexity index is 1350. The third-order valence-corrected chi connectivity index (χ3v) is 7.35. The summed E-state index contributed by atoms with van der Waals surface area (Å²) in [6.07, 6.45) is 3.80. The number of aryl methyl sites for hydroxylation is 1. The summed E-state index contributed by atoms with van der Waals surface area (Å²) in [6, 6.07) is 3.95. The first kappa shape index (κ1) is 23.3. The topological polar surface area (TPSA) is 109 Å². The highest BCUT2D eigenvalue weighted by atomic mass is 19.1. The maximum Gasteiger partial charge on any atom is 0.348 e. The standard InChI is InChI=1S/C24H27F2N7O2/c1-23-7-8-24(2,31-23)20(26)16(10-23)33(4)18-11-27-21(30-29-18)14-6-5-13(9-17(14)34)19-15(25)12-32(3)22(35)28-19/h5-6,9,11-12,16,20,31,34H,7-8,10H2,1-4H3/t16-,20-,23-,24+/m1/s1. The maximum absolute atomic E-state index is 15.4. The fourth-order valence-electron chi connectivity index (χ4n) is 5.34. The van der Waals surface area contributed by atoms with E-state index in [1.807, 2.05) is 6.92 Å². The number of aromatic hydroxyl groups is 1. The summed E-state index contributed by atoms with van der Waals surface area (Å²) in [7, 11) is 3.19. The number of hydrogen-bond donors (Lipinski definition) is 2. The van der Waals surface area contributed by atoms with Gasteiger partial charge in [-0.2, -0.15) is 4.98 Å². The van der Waals surface area contributed by atoms with Crippen LogP contribution >= 0.6 is 0 Å². The number of fused-ring (bicyclic) bond motifs is 2. The number of benzene rings is 1. The Morgan fingerprint density at radius 2 is 2.03 bits per heavy atom. The van der Waals surface area contributed by atoms with Crippen LogP contribution in [0.3, 0.4) is 0 Å². The van der Waals surface area contributed by atoms with E-state index in [-0.39, 0.29) is 40.0 Å². The van der Waals surface area contributed by atoms with Crippen molar-refractivity contribution in [1.82, 2.24) is 30.0 Å². The monoisotopic (exact) mass is 483 g/mol. The minimum Gasteiger partial charge on any atom is -0.507 e. The van der Waals surface area contributed by atoms with Crippen LogP contribution < -0.4 is 15.9 Å². The van der Waals surface area contributed by atoms with Gasteiger partial charge in [-0.1, -0.05) is 6.07 Å². The first-order valence-corrected chi connectivity index (χ1v) is 11.4. The number of phenolic OH excluding ortho intramolecular Hbond substituents is 1. The molecule has 5 rings (SSSR count). The fraction of sp³-hybridized carbons (Fsp3) is 0.458. The van der Waals surface area contributed by atoms with Crippen LogP contribution in [0.15, 0.2) is 35.4 Å². The van der Waals surface area contributed by atoms with Crippen molar-refractivity contribution in [3.05, 3.63) is 46.9 Å². The zero-order valence-corrected chi connectivity index (χ0v) is 20.0. The summed E-state index contributed by atoms with van der Waals surface area (Å²) in [6.45, 7) is 4.05. The second-order valence-corrected chi connectivity index (χ2v) is 10.1. The van der Waals surface area contributed by atoms with Crippen LogP contribution in [0.5, 0.6) is 5.75 Å². The van der Waals surface area contributed by atoms with E-state index in [1.165, 1.54) is 31.4 Å². The third kappa shape index (κ3) is 3.93. The summed E-state index contributed by atoms with van der Waals surface area (Å²) in [5, 5.41) is 22.4. The largest absolute Gasteiger partial charge is 0.507 e. The number of nitrogens with zero attached hydrogens (tertiary/aromatic N) is 6. The van der Waals surface area contributed by atoms with Crippen molar-refractivity contribution in [3.8, 4) is 28.4 Å². The molecule has 184 valence electrons. The predicted octanol–water partition coefficient (Wildman–Crippen LogP) is 2.59. The summed E-state index contributed by atoms with van der Waals surface area (Å²) in [5.41, 5.74) is -0.952. The van der Waals surface area contributed by atoms with Gasteiger partial charge >= 0.3 is 5.69 Å². The predicted molar refractivity (Wildman–Crippen MR) is 126 cm³/mol. The molecule has 2 aliphatic heterocycles. The molecule has 2 aromatic heterocycles. The Kier molecular flexibility index (Phi) is 5.35. The second-order valence-electron chi connectivity index (χ2n) is 10.1. The lowest BCUT2D eigenvalue weighted by Crippen LogP contribution is -2.65. The van der Waals surface area contributed by atoms with E-state index in [0.717, 1.165) is 23.6 Å². The first-order valence-electron chi connectivity index (χ1n) is 11.4. The number of hydrogen-bond acceptors (Lipinski definition) is 8. The Hall–Kier alpha value is -3.47. The number of nitrogens with one attached hydrogen (secondary N) is 1. The zero-order chi connectivity index (χ0) is 25.1. The molecular weight excluding hydrogens is 456 g/mol. The SMILES string of the molecule is CN(c1cnc(-c2ccc(-c3nc(=O)n(C)cc3F)cc2O)nn1)[C@@H]1C[C@@]2(C)CC[C@](C)(N2)[C@@H]1F. The van der Waals surface area contributed by atoms with Crippen molar-refractivity contribution in [2.24, 2.45) is 7.05 Å². The number of rotatable bonds is 4. The van der Waals surface area contributed by atoms with Crippen molar-refractivity contribution < 1.29 is 13.9 Å². The average Bonchev–Trinajstić information content (AvgIpc) is 3.10. The Balaban J connectivity index is 1.39. The molecule has 9 nitrogen and oxygen atoms in total. The molecule has 2 aliphatic rings. The number of alkyl halides is 1. The van der Waals surface area contributed by atoms with E-state index in [9.17, 15) is 14.3 Å². The average molecular weight is 484 g/mol. The van der Waals surface area contributed by atoms with Crippen LogP contribution in [0.2, 0.25) is 0 Å². The number of phenols is 1. The number of piperidine rings is 1. The van der Waals surface area contributed by atoms with Crippen LogP contribution in [0.1, 0.15) is 33.1 Å². The van der Waals surface area contributed by atoms with Gasteiger partial charge in [-0.25, -0.2) is 18.6 Å². The van der Waals surface area contributed by atoms with Crippen molar-refractivity contribution in [2.75, 3.05) is 11.9 Å². The van der Waals surface area contributed by atoms with Gasteiger partial charge < -0.3 is 15.3 Å². The highest BCUT2D eigenvalue weighted by Gasteiger charge is 2.56. The van der Waals surface area contributed by atoms with E-state index < -0.39 is 23.2 Å². The second kappa shape index (κ2) is 8.04. The molecule has 2 fully saturated rings. The molecule has 2 saturated heterocycles. The lowest BCUT2D eigenvalue weighted by molar-refractivity contribution is 0.0859. The molecular formula is C24H27F2N7O2. The van der Waals surface area contributed by atoms with E-state index in [1.54, 1.807) is 11.9 Å². The lowest BCUT2D eigenvalue weighted by Gasteiger charge is -2.47. The molecule has 3 aromatic rings. The van der Waals surface area contributed by atoms with Gasteiger partial charge in [0, 0.05) is 36.9 Å². The van der Waals surface area contributed by atoms with Gasteiger partial charge in [-0.3, -0.25) is 4.57 Å². The molecule has 35 heavy (non-hydrogen) atoms. The van der Waals surface area contributed by atoms with Gasteiger partial charge in [0.05, 0.1) is 17.8 Å². The molecule has 0 aliphatic carbocycles. The molecule has 2 bridgehead atoms. The highest BCUT2D eigenvalue weighted by molar-refractivity contribution is 5.71. The molecule has 0 unspecified atom stereocenters. The molecule has 0 saturated carbocycles. The Morgan fingerprint density at radius 3 is 2.71 bits per heavy atom. The summed E-state index contributed by atoms with van der Waals surface area (Å²) < 4.78 is 30.8. The third-order valence-electron chi connectivity index (χ3n) is 7.35. The van der Waals surface area contributed by atoms with Crippen LogP contribution in [0, 0.1) is 5.82 Å². The quantitative estimate of drug-likeness (QED) is 0.583. The van der Waals surface area contributed by atoms with Gasteiger partial charge in [0.1, 0.15) is 17.6 Å². The normalized spacial score (nSPS) is 27.7. The molecule has 0 radical (unpaired) electrons. The summed E-state index contributed by atoms with van der Waals surface area (Å²) in [4.78, 5) is 21.6. The van der Waals surface area contributed by atoms with Gasteiger partial charge in [0.15, 0.2) is 17.5 Å². The van der Waals surface area contributed by atoms with Crippen LogP contribution in [0.4, 0.5) is 14.6 Å². The van der Waals surface area contributed by atoms with Crippen LogP contribution in [0.25, 0.3) is 22.6 Å². The van der Waals surface area contributed by atoms with E-state index in [2.05, 4.69) is 32.4 Å². The number of anilines is 1. The van der Waals surface area contributed by atoms with Gasteiger partial charge in [-0.15, -0.1) is 10.2 Å². The van der Waals surface area contributed by atoms with Crippen LogP contribution in [-0.4, -0.2) is 60.2 Å². The van der Waals surface area contributed by atoms with E-state index in [4.69, 9.17) is 0 Å². The van der Waals surface area contributed by atoms with Gasteiger partial charge in [0.2, 0.25) is 0 Å². The smallest absolute Gasteiger partial charge is 0.348 e. The van der Waals surface area contributed by atoms with Crippen molar-refractivity contribution in [1.29, 1.82) is 0 Å². The number of halogens is 2. The minimum absolute atomic E-state index is 0.123. The van der Waals surface area contributed by atoms with Gasteiger partial charge in [-0.05, 0) is 45.2 Å². The highest BCUT2D eigenvalue weighted by Crippen LogP contribution is 2.45. The maximum atomic E-state index is 15.4. The molecule has 4 atom stereocenters. The molecule has 0 amide bonds.